The highest BCUT2D eigenvalue weighted by Gasteiger charge is 2.18. The zero-order valence-corrected chi connectivity index (χ0v) is 25.2. The van der Waals surface area contributed by atoms with E-state index in [9.17, 15) is 0 Å². The molecule has 0 radical (unpaired) electrons. The predicted molar refractivity (Wildman–Crippen MR) is 172 cm³/mol. The van der Waals surface area contributed by atoms with Crippen molar-refractivity contribution in [2.45, 2.75) is 72.0 Å². The van der Waals surface area contributed by atoms with E-state index in [2.05, 4.69) is 119 Å². The number of unbranched alkanes of at least 4 members (excludes halogenated alkanes) is 1. The normalized spacial score (nSPS) is 13.4. The van der Waals surface area contributed by atoms with E-state index < -0.39 is 0 Å². The van der Waals surface area contributed by atoms with E-state index in [1.54, 1.807) is 0 Å². The molecule has 4 aromatic rings. The van der Waals surface area contributed by atoms with E-state index in [1.165, 1.54) is 24.8 Å². The molecule has 41 heavy (non-hydrogen) atoms. The van der Waals surface area contributed by atoms with Crippen LogP contribution < -0.4 is 9.47 Å². The first-order valence-electron chi connectivity index (χ1n) is 15.3. The van der Waals surface area contributed by atoms with Crippen LogP contribution in [0, 0.1) is 5.92 Å². The number of hydrogen-bond donors (Lipinski definition) is 0. The van der Waals surface area contributed by atoms with Gasteiger partial charge in [-0.25, -0.2) is 0 Å². The van der Waals surface area contributed by atoms with Crippen molar-refractivity contribution in [3.05, 3.63) is 109 Å². The van der Waals surface area contributed by atoms with Crippen molar-refractivity contribution in [1.29, 1.82) is 0 Å². The summed E-state index contributed by atoms with van der Waals surface area (Å²) in [5, 5.41) is 0. The minimum absolute atomic E-state index is 0.321. The Bertz CT molecular complexity index is 1230. The third-order valence-corrected chi connectivity index (χ3v) is 7.79. The third kappa shape index (κ3) is 8.96. The molecule has 0 saturated heterocycles. The molecule has 0 heterocycles. The lowest BCUT2D eigenvalue weighted by Gasteiger charge is -2.24. The molecule has 216 valence electrons. The van der Waals surface area contributed by atoms with Crippen LogP contribution in [0.1, 0.15) is 71.3 Å². The van der Waals surface area contributed by atoms with Gasteiger partial charge in [0.2, 0.25) is 0 Å². The summed E-state index contributed by atoms with van der Waals surface area (Å²) in [7, 11) is 0. The molecular weight excluding hydrogens is 504 g/mol. The molecule has 0 aliphatic heterocycles. The lowest BCUT2D eigenvalue weighted by Crippen LogP contribution is -2.26. The molecular formula is C38H46O3. The highest BCUT2D eigenvalue weighted by Crippen LogP contribution is 2.39. The molecule has 3 atom stereocenters. The van der Waals surface area contributed by atoms with E-state index in [4.69, 9.17) is 14.2 Å². The van der Waals surface area contributed by atoms with Crippen LogP contribution in [-0.2, 0) is 4.74 Å². The zero-order valence-electron chi connectivity index (χ0n) is 25.2. The van der Waals surface area contributed by atoms with Crippen LogP contribution in [-0.4, -0.2) is 19.5 Å². The van der Waals surface area contributed by atoms with Crippen molar-refractivity contribution in [2.24, 2.45) is 5.92 Å². The quantitative estimate of drug-likeness (QED) is 0.103. The molecule has 4 rings (SSSR count). The van der Waals surface area contributed by atoms with Crippen molar-refractivity contribution >= 4 is 0 Å². The maximum Gasteiger partial charge on any atom is 0.200 e. The largest absolute Gasteiger partial charge is 0.490 e. The highest BCUT2D eigenvalue weighted by molar-refractivity contribution is 5.82. The molecule has 0 amide bonds. The Labute approximate surface area is 247 Å². The smallest absolute Gasteiger partial charge is 0.200 e. The van der Waals surface area contributed by atoms with E-state index in [0.717, 1.165) is 46.6 Å². The van der Waals surface area contributed by atoms with Gasteiger partial charge in [0.25, 0.3) is 0 Å². The van der Waals surface area contributed by atoms with Gasteiger partial charge < -0.3 is 14.2 Å². The van der Waals surface area contributed by atoms with Gasteiger partial charge in [0.15, 0.2) is 6.29 Å². The second-order valence-electron chi connectivity index (χ2n) is 11.0. The van der Waals surface area contributed by atoms with Crippen LogP contribution in [0.25, 0.3) is 22.3 Å². The number of para-hydroxylation sites is 1. The van der Waals surface area contributed by atoms with Gasteiger partial charge in [0, 0.05) is 17.5 Å². The summed E-state index contributed by atoms with van der Waals surface area (Å²) in [4.78, 5) is 0. The van der Waals surface area contributed by atoms with Crippen LogP contribution in [0.5, 0.6) is 11.5 Å². The summed E-state index contributed by atoms with van der Waals surface area (Å²) < 4.78 is 19.3. The van der Waals surface area contributed by atoms with Crippen molar-refractivity contribution in [3.8, 4) is 33.8 Å². The first-order chi connectivity index (χ1) is 20.1. The molecule has 0 aliphatic rings. The van der Waals surface area contributed by atoms with Crippen LogP contribution in [0.3, 0.4) is 0 Å². The third-order valence-electron chi connectivity index (χ3n) is 7.79. The highest BCUT2D eigenvalue weighted by atomic mass is 16.7. The van der Waals surface area contributed by atoms with Gasteiger partial charge in [-0.2, -0.15) is 0 Å². The minimum Gasteiger partial charge on any atom is -0.490 e. The lowest BCUT2D eigenvalue weighted by atomic mass is 9.97. The van der Waals surface area contributed by atoms with Crippen LogP contribution in [0.2, 0.25) is 0 Å². The van der Waals surface area contributed by atoms with E-state index in [0.29, 0.717) is 25.0 Å². The predicted octanol–water partition coefficient (Wildman–Crippen LogP) is 10.6. The summed E-state index contributed by atoms with van der Waals surface area (Å²) in [6, 6.07) is 35.7. The fourth-order valence-corrected chi connectivity index (χ4v) is 5.12. The molecule has 0 spiro atoms. The maximum atomic E-state index is 6.52. The van der Waals surface area contributed by atoms with E-state index >= 15 is 0 Å². The maximum absolute atomic E-state index is 6.52. The molecule has 3 nitrogen and oxygen atoms in total. The van der Waals surface area contributed by atoms with Gasteiger partial charge in [-0.05, 0) is 47.1 Å². The Hall–Kier alpha value is -3.56. The van der Waals surface area contributed by atoms with Gasteiger partial charge in [-0.1, -0.05) is 138 Å². The molecule has 0 aromatic heterocycles. The van der Waals surface area contributed by atoms with Gasteiger partial charge in [0.05, 0.1) is 6.61 Å². The Morgan fingerprint density at radius 2 is 1.27 bits per heavy atom. The molecule has 0 bridgehead atoms. The first-order valence-corrected chi connectivity index (χ1v) is 15.3. The Morgan fingerprint density at radius 3 is 1.83 bits per heavy atom. The molecule has 0 fully saturated rings. The molecule has 0 N–H and O–H groups in total. The summed E-state index contributed by atoms with van der Waals surface area (Å²) in [6.07, 6.45) is 5.25. The Kier molecular flexibility index (Phi) is 11.9. The topological polar surface area (TPSA) is 27.7 Å². The summed E-state index contributed by atoms with van der Waals surface area (Å²) >= 11 is 0. The fraction of sp³-hybridized carbons (Fsp3) is 0.368. The van der Waals surface area contributed by atoms with Gasteiger partial charge >= 0.3 is 0 Å². The monoisotopic (exact) mass is 550 g/mol. The number of rotatable bonds is 16. The fourth-order valence-electron chi connectivity index (χ4n) is 5.12. The SMILES string of the molecule is CCCCC(C)CC(OCCOc1c(-c2ccccc2)cccc1-c1ccccc1)Oc1ccc(C(C)CC)cc1. The van der Waals surface area contributed by atoms with Crippen LogP contribution in [0.15, 0.2) is 103 Å². The minimum atomic E-state index is -0.321. The van der Waals surface area contributed by atoms with Crippen molar-refractivity contribution in [3.63, 3.8) is 0 Å². The van der Waals surface area contributed by atoms with Crippen molar-refractivity contribution < 1.29 is 14.2 Å². The standard InChI is InChI=1S/C38H46O3/c1-5-7-15-29(3)28-37(41-34-24-22-31(23-25-34)30(4)6-2)39-26-27-40-38-35(32-16-10-8-11-17-32)20-14-21-36(38)33-18-12-9-13-19-33/h8-14,16-25,29-30,37H,5-7,15,26-28H2,1-4H3. The number of hydrogen-bond acceptors (Lipinski definition) is 3. The average Bonchev–Trinajstić information content (AvgIpc) is 3.02. The van der Waals surface area contributed by atoms with Gasteiger partial charge in [-0.15, -0.1) is 0 Å². The van der Waals surface area contributed by atoms with Crippen LogP contribution in [0.4, 0.5) is 0 Å². The summed E-state index contributed by atoms with van der Waals surface area (Å²) in [5.41, 5.74) is 5.76. The van der Waals surface area contributed by atoms with Crippen molar-refractivity contribution in [2.75, 3.05) is 13.2 Å². The summed E-state index contributed by atoms with van der Waals surface area (Å²) in [6.45, 7) is 9.88. The average molecular weight is 551 g/mol. The van der Waals surface area contributed by atoms with Crippen molar-refractivity contribution in [1.82, 2.24) is 0 Å². The molecule has 3 unspecified atom stereocenters. The second-order valence-corrected chi connectivity index (χ2v) is 11.0. The van der Waals surface area contributed by atoms with Gasteiger partial charge in [0.1, 0.15) is 18.1 Å². The van der Waals surface area contributed by atoms with E-state index in [-0.39, 0.29) is 6.29 Å². The molecule has 4 aromatic carbocycles. The van der Waals surface area contributed by atoms with E-state index in [1.807, 2.05) is 12.1 Å². The van der Waals surface area contributed by atoms with Crippen LogP contribution >= 0.6 is 0 Å². The Balaban J connectivity index is 1.47. The molecule has 3 heteroatoms. The lowest BCUT2D eigenvalue weighted by molar-refractivity contribution is -0.0980. The summed E-state index contributed by atoms with van der Waals surface area (Å²) in [5.74, 6) is 2.79. The Morgan fingerprint density at radius 1 is 0.659 bits per heavy atom. The molecule has 0 aliphatic carbocycles. The number of ether oxygens (including phenoxy) is 3. The molecule has 0 saturated carbocycles. The first kappa shape index (κ1) is 30.4. The zero-order chi connectivity index (χ0) is 28.9. The second kappa shape index (κ2) is 16.0. The van der Waals surface area contributed by atoms with Gasteiger partial charge in [-0.3, -0.25) is 0 Å². The number of benzene rings is 4.